The van der Waals surface area contributed by atoms with Crippen LogP contribution in [0.3, 0.4) is 0 Å². The van der Waals surface area contributed by atoms with Gasteiger partial charge in [-0.05, 0) is 33.8 Å². The minimum atomic E-state index is -2.99. The van der Waals surface area contributed by atoms with Gasteiger partial charge in [0, 0.05) is 15.6 Å². The van der Waals surface area contributed by atoms with Crippen LogP contribution in [0.4, 0.5) is 0 Å². The Kier molecular flexibility index (Phi) is 4.12. The Balaban J connectivity index is 2.60. The third kappa shape index (κ3) is 3.68. The average molecular weight is 299 g/mol. The van der Waals surface area contributed by atoms with Gasteiger partial charge in [0.15, 0.2) is 0 Å². The lowest BCUT2D eigenvalue weighted by Crippen LogP contribution is -2.07. The summed E-state index contributed by atoms with van der Waals surface area (Å²) in [5.41, 5.74) is 0. The van der Waals surface area contributed by atoms with Crippen LogP contribution in [-0.4, -0.2) is 25.5 Å². The van der Waals surface area contributed by atoms with Gasteiger partial charge in [-0.1, -0.05) is 0 Å². The molecule has 1 heterocycles. The summed E-state index contributed by atoms with van der Waals surface area (Å²) >= 11 is 4.70. The fourth-order valence-electron chi connectivity index (χ4n) is 1.000. The molecule has 1 unspecified atom stereocenters. The number of hydrogen-bond acceptors (Lipinski definition) is 4. The van der Waals surface area contributed by atoms with Crippen molar-refractivity contribution in [1.29, 1.82) is 0 Å². The first-order valence-corrected chi connectivity index (χ1v) is 7.72. The van der Waals surface area contributed by atoms with Crippen molar-refractivity contribution in [2.24, 2.45) is 0 Å². The number of rotatable bonds is 4. The smallest absolute Gasteiger partial charge is 0.147 e. The van der Waals surface area contributed by atoms with Gasteiger partial charge >= 0.3 is 0 Å². The van der Waals surface area contributed by atoms with Crippen LogP contribution >= 0.6 is 27.3 Å². The van der Waals surface area contributed by atoms with E-state index in [1.54, 1.807) is 0 Å². The van der Waals surface area contributed by atoms with Crippen LogP contribution < -0.4 is 0 Å². The first-order chi connectivity index (χ1) is 6.40. The molecule has 0 saturated heterocycles. The van der Waals surface area contributed by atoms with Crippen molar-refractivity contribution in [1.82, 2.24) is 0 Å². The first kappa shape index (κ1) is 12.2. The Bertz CT molecular complexity index is 396. The molecule has 0 saturated carbocycles. The Hall–Kier alpha value is 0.0900. The molecule has 0 fully saturated rings. The van der Waals surface area contributed by atoms with E-state index in [9.17, 15) is 13.5 Å². The standard InChI is InChI=1S/C8H11BrO3S2/c1-14(11,12)5-3-7(10)8-6(9)2-4-13-8/h2,4,7,10H,3,5H2,1H3. The van der Waals surface area contributed by atoms with Crippen molar-refractivity contribution < 1.29 is 13.5 Å². The van der Waals surface area contributed by atoms with E-state index < -0.39 is 15.9 Å². The fraction of sp³-hybridized carbons (Fsp3) is 0.500. The predicted octanol–water partition coefficient (Wildman–Crippen LogP) is 1.98. The molecule has 1 atom stereocenters. The highest BCUT2D eigenvalue weighted by Crippen LogP contribution is 2.30. The highest BCUT2D eigenvalue weighted by atomic mass is 79.9. The van der Waals surface area contributed by atoms with Crippen molar-refractivity contribution in [3.05, 3.63) is 20.8 Å². The minimum absolute atomic E-state index is 0.0124. The molecule has 6 heteroatoms. The molecule has 0 radical (unpaired) electrons. The maximum absolute atomic E-state index is 10.9. The molecule has 1 aromatic rings. The zero-order valence-electron chi connectivity index (χ0n) is 7.60. The summed E-state index contributed by atoms with van der Waals surface area (Å²) in [6, 6.07) is 1.84. The molecule has 1 aromatic heterocycles. The highest BCUT2D eigenvalue weighted by molar-refractivity contribution is 9.10. The van der Waals surface area contributed by atoms with Gasteiger partial charge in [0.1, 0.15) is 9.84 Å². The molecule has 3 nitrogen and oxygen atoms in total. The molecular formula is C8H11BrO3S2. The minimum Gasteiger partial charge on any atom is -0.388 e. The quantitative estimate of drug-likeness (QED) is 0.925. The molecule has 0 bridgehead atoms. The van der Waals surface area contributed by atoms with Crippen molar-refractivity contribution in [3.8, 4) is 0 Å². The van der Waals surface area contributed by atoms with Crippen molar-refractivity contribution in [2.45, 2.75) is 12.5 Å². The first-order valence-electron chi connectivity index (χ1n) is 3.99. The third-order valence-corrected chi connectivity index (χ3v) is 4.66. The van der Waals surface area contributed by atoms with Gasteiger partial charge < -0.3 is 5.11 Å². The molecular weight excluding hydrogens is 288 g/mol. The Morgan fingerprint density at radius 3 is 2.71 bits per heavy atom. The Labute approximate surface area is 95.8 Å². The summed E-state index contributed by atoms with van der Waals surface area (Å²) in [5, 5.41) is 11.5. The van der Waals surface area contributed by atoms with Crippen LogP contribution in [0.2, 0.25) is 0 Å². The van der Waals surface area contributed by atoms with Gasteiger partial charge in [-0.2, -0.15) is 0 Å². The molecule has 80 valence electrons. The maximum Gasteiger partial charge on any atom is 0.147 e. The van der Waals surface area contributed by atoms with E-state index >= 15 is 0 Å². The van der Waals surface area contributed by atoms with E-state index in [2.05, 4.69) is 15.9 Å². The lowest BCUT2D eigenvalue weighted by molar-refractivity contribution is 0.177. The van der Waals surface area contributed by atoms with Crippen LogP contribution in [-0.2, 0) is 9.84 Å². The molecule has 0 aliphatic heterocycles. The van der Waals surface area contributed by atoms with E-state index in [1.165, 1.54) is 17.6 Å². The Morgan fingerprint density at radius 1 is 1.64 bits per heavy atom. The van der Waals surface area contributed by atoms with Crippen molar-refractivity contribution in [2.75, 3.05) is 12.0 Å². The highest BCUT2D eigenvalue weighted by Gasteiger charge is 2.14. The number of thiophene rings is 1. The van der Waals surface area contributed by atoms with Gasteiger partial charge in [0.05, 0.1) is 11.9 Å². The molecule has 1 N–H and O–H groups in total. The van der Waals surface area contributed by atoms with Gasteiger partial charge in [-0.15, -0.1) is 11.3 Å². The van der Waals surface area contributed by atoms with E-state index in [0.29, 0.717) is 0 Å². The van der Waals surface area contributed by atoms with E-state index in [-0.39, 0.29) is 12.2 Å². The fourth-order valence-corrected chi connectivity index (χ4v) is 3.31. The summed E-state index contributed by atoms with van der Waals surface area (Å²) in [6.45, 7) is 0. The summed E-state index contributed by atoms with van der Waals surface area (Å²) < 4.78 is 22.6. The van der Waals surface area contributed by atoms with Crippen LogP contribution in [0.25, 0.3) is 0 Å². The second-order valence-electron chi connectivity index (χ2n) is 3.07. The normalized spacial score (nSPS) is 14.2. The van der Waals surface area contributed by atoms with Crippen LogP contribution in [0.15, 0.2) is 15.9 Å². The molecule has 0 aliphatic rings. The van der Waals surface area contributed by atoms with Gasteiger partial charge in [0.2, 0.25) is 0 Å². The summed E-state index contributed by atoms with van der Waals surface area (Å²) in [5.74, 6) is 0.0124. The topological polar surface area (TPSA) is 54.4 Å². The largest absolute Gasteiger partial charge is 0.388 e. The number of hydrogen-bond donors (Lipinski definition) is 1. The SMILES string of the molecule is CS(=O)(=O)CCC(O)c1sccc1Br. The van der Waals surface area contributed by atoms with Gasteiger partial charge in [0.25, 0.3) is 0 Å². The number of halogens is 1. The summed E-state index contributed by atoms with van der Waals surface area (Å²) in [6.07, 6.45) is 0.723. The zero-order valence-corrected chi connectivity index (χ0v) is 10.8. The predicted molar refractivity (Wildman–Crippen MR) is 61.3 cm³/mol. The molecule has 0 spiro atoms. The number of aliphatic hydroxyl groups excluding tert-OH is 1. The Morgan fingerprint density at radius 2 is 2.29 bits per heavy atom. The number of aliphatic hydroxyl groups is 1. The lowest BCUT2D eigenvalue weighted by Gasteiger charge is -2.07. The summed E-state index contributed by atoms with van der Waals surface area (Å²) in [4.78, 5) is 0.786. The van der Waals surface area contributed by atoms with E-state index in [0.717, 1.165) is 9.35 Å². The molecule has 0 amide bonds. The van der Waals surface area contributed by atoms with Crippen LogP contribution in [0.1, 0.15) is 17.4 Å². The van der Waals surface area contributed by atoms with Gasteiger partial charge in [-0.25, -0.2) is 8.42 Å². The lowest BCUT2D eigenvalue weighted by atomic mass is 10.2. The monoisotopic (exact) mass is 298 g/mol. The number of sulfone groups is 1. The average Bonchev–Trinajstić information content (AvgIpc) is 2.46. The van der Waals surface area contributed by atoms with Crippen molar-refractivity contribution in [3.63, 3.8) is 0 Å². The van der Waals surface area contributed by atoms with Crippen LogP contribution in [0.5, 0.6) is 0 Å². The summed E-state index contributed by atoms with van der Waals surface area (Å²) in [7, 11) is -2.99. The van der Waals surface area contributed by atoms with E-state index in [1.807, 2.05) is 11.4 Å². The second-order valence-corrected chi connectivity index (χ2v) is 7.13. The van der Waals surface area contributed by atoms with Crippen LogP contribution in [0, 0.1) is 0 Å². The molecule has 14 heavy (non-hydrogen) atoms. The maximum atomic E-state index is 10.9. The molecule has 0 aliphatic carbocycles. The second kappa shape index (κ2) is 4.74. The van der Waals surface area contributed by atoms with E-state index in [4.69, 9.17) is 0 Å². The third-order valence-electron chi connectivity index (χ3n) is 1.71. The molecule has 1 rings (SSSR count). The van der Waals surface area contributed by atoms with Crippen molar-refractivity contribution >= 4 is 37.1 Å². The molecule has 0 aromatic carbocycles. The zero-order chi connectivity index (χ0) is 10.8. The van der Waals surface area contributed by atoms with Gasteiger partial charge in [-0.3, -0.25) is 0 Å².